The highest BCUT2D eigenvalue weighted by Gasteiger charge is 1.99. The molecule has 0 unspecified atom stereocenters. The molecule has 0 fully saturated rings. The first-order valence-electron chi connectivity index (χ1n) is 4.77. The number of hydrogen-bond acceptors (Lipinski definition) is 1. The average molecular weight is 188 g/mol. The third-order valence-corrected chi connectivity index (χ3v) is 2.22. The van der Waals surface area contributed by atoms with Crippen LogP contribution in [0.2, 0.25) is 0 Å². The third kappa shape index (κ3) is 2.56. The van der Waals surface area contributed by atoms with Crippen LogP contribution in [-0.2, 0) is 4.79 Å². The highest BCUT2D eigenvalue weighted by atomic mass is 16.1. The van der Waals surface area contributed by atoms with E-state index in [1.54, 1.807) is 13.0 Å². The largest absolute Gasteiger partial charge is 0.295 e. The van der Waals surface area contributed by atoms with E-state index in [-0.39, 0.29) is 5.78 Å². The van der Waals surface area contributed by atoms with Crippen molar-refractivity contribution in [1.29, 1.82) is 0 Å². The van der Waals surface area contributed by atoms with E-state index in [0.29, 0.717) is 0 Å². The van der Waals surface area contributed by atoms with Crippen molar-refractivity contribution in [2.24, 2.45) is 0 Å². The van der Waals surface area contributed by atoms with E-state index in [9.17, 15) is 4.79 Å². The zero-order chi connectivity index (χ0) is 10.7. The van der Waals surface area contributed by atoms with Crippen LogP contribution >= 0.6 is 0 Å². The Morgan fingerprint density at radius 3 is 2.07 bits per heavy atom. The van der Waals surface area contributed by atoms with Crippen LogP contribution in [0.15, 0.2) is 18.2 Å². The second-order valence-corrected chi connectivity index (χ2v) is 3.76. The Bertz CT molecular complexity index is 363. The molecular weight excluding hydrogens is 172 g/mol. The lowest BCUT2D eigenvalue weighted by atomic mass is 9.99. The lowest BCUT2D eigenvalue weighted by molar-refractivity contribution is -0.112. The van der Waals surface area contributed by atoms with Crippen LogP contribution in [0.4, 0.5) is 0 Å². The predicted molar refractivity (Wildman–Crippen MR) is 60.4 cm³/mol. The van der Waals surface area contributed by atoms with Crippen LogP contribution < -0.4 is 0 Å². The molecule has 0 aliphatic heterocycles. The van der Waals surface area contributed by atoms with Gasteiger partial charge in [0.2, 0.25) is 0 Å². The normalized spacial score (nSPS) is 10.9. The Kier molecular flexibility index (Phi) is 3.23. The van der Waals surface area contributed by atoms with E-state index in [1.165, 1.54) is 16.7 Å². The fourth-order valence-corrected chi connectivity index (χ4v) is 1.65. The number of aryl methyl sites for hydroxylation is 3. The second kappa shape index (κ2) is 4.23. The molecule has 0 aliphatic carbocycles. The SMILES string of the molecule is CC(=O)/C=C/c1c(C)cc(C)cc1C. The van der Waals surface area contributed by atoms with E-state index >= 15 is 0 Å². The molecule has 0 aromatic heterocycles. The summed E-state index contributed by atoms with van der Waals surface area (Å²) in [5.41, 5.74) is 4.87. The summed E-state index contributed by atoms with van der Waals surface area (Å²) in [5.74, 6) is 0.0874. The lowest BCUT2D eigenvalue weighted by Gasteiger charge is -2.06. The van der Waals surface area contributed by atoms with Gasteiger partial charge in [0.15, 0.2) is 5.78 Å². The van der Waals surface area contributed by atoms with Crippen LogP contribution in [0.1, 0.15) is 29.2 Å². The van der Waals surface area contributed by atoms with Gasteiger partial charge in [0.25, 0.3) is 0 Å². The number of hydrogen-bond donors (Lipinski definition) is 0. The summed E-state index contributed by atoms with van der Waals surface area (Å²) in [6.45, 7) is 7.79. The summed E-state index contributed by atoms with van der Waals surface area (Å²) in [7, 11) is 0. The van der Waals surface area contributed by atoms with Crippen LogP contribution in [0, 0.1) is 20.8 Å². The van der Waals surface area contributed by atoms with Gasteiger partial charge in [0, 0.05) is 0 Å². The maximum atomic E-state index is 10.8. The molecule has 0 amide bonds. The van der Waals surface area contributed by atoms with E-state index in [2.05, 4.69) is 32.9 Å². The van der Waals surface area contributed by atoms with Gasteiger partial charge >= 0.3 is 0 Å². The summed E-state index contributed by atoms with van der Waals surface area (Å²) < 4.78 is 0. The number of ketones is 1. The molecular formula is C13H16O. The number of rotatable bonds is 2. The van der Waals surface area contributed by atoms with Gasteiger partial charge in [0.05, 0.1) is 0 Å². The molecule has 0 heterocycles. The molecule has 0 radical (unpaired) electrons. The lowest BCUT2D eigenvalue weighted by Crippen LogP contribution is -1.89. The van der Waals surface area contributed by atoms with Crippen molar-refractivity contribution in [3.63, 3.8) is 0 Å². The van der Waals surface area contributed by atoms with Gasteiger partial charge in [-0.1, -0.05) is 23.8 Å². The molecule has 0 spiro atoms. The first-order chi connectivity index (χ1) is 6.50. The number of carbonyl (C=O) groups excluding carboxylic acids is 1. The van der Waals surface area contributed by atoms with Gasteiger partial charge in [-0.2, -0.15) is 0 Å². The van der Waals surface area contributed by atoms with Crippen molar-refractivity contribution in [3.8, 4) is 0 Å². The molecule has 1 nitrogen and oxygen atoms in total. The highest BCUT2D eigenvalue weighted by molar-refractivity contribution is 5.91. The van der Waals surface area contributed by atoms with Gasteiger partial charge in [0.1, 0.15) is 0 Å². The third-order valence-electron chi connectivity index (χ3n) is 2.22. The van der Waals surface area contributed by atoms with Gasteiger partial charge in [-0.15, -0.1) is 0 Å². The summed E-state index contributed by atoms with van der Waals surface area (Å²) in [4.78, 5) is 10.8. The molecule has 74 valence electrons. The maximum absolute atomic E-state index is 10.8. The Balaban J connectivity index is 3.15. The highest BCUT2D eigenvalue weighted by Crippen LogP contribution is 2.17. The van der Waals surface area contributed by atoms with Crippen molar-refractivity contribution < 1.29 is 4.79 Å². The van der Waals surface area contributed by atoms with E-state index < -0.39 is 0 Å². The summed E-state index contributed by atoms with van der Waals surface area (Å²) in [5, 5.41) is 0. The molecule has 0 saturated carbocycles. The van der Waals surface area contributed by atoms with Crippen LogP contribution in [-0.4, -0.2) is 5.78 Å². The fourth-order valence-electron chi connectivity index (χ4n) is 1.65. The minimum absolute atomic E-state index is 0.0874. The Morgan fingerprint density at radius 2 is 1.64 bits per heavy atom. The Hall–Kier alpha value is -1.37. The van der Waals surface area contributed by atoms with Crippen LogP contribution in [0.3, 0.4) is 0 Å². The Morgan fingerprint density at radius 1 is 1.14 bits per heavy atom. The second-order valence-electron chi connectivity index (χ2n) is 3.76. The molecule has 1 aromatic rings. The van der Waals surface area contributed by atoms with Crippen molar-refractivity contribution in [2.75, 3.05) is 0 Å². The number of allylic oxidation sites excluding steroid dienone is 1. The van der Waals surface area contributed by atoms with Crippen molar-refractivity contribution in [1.82, 2.24) is 0 Å². The minimum Gasteiger partial charge on any atom is -0.295 e. The van der Waals surface area contributed by atoms with E-state index in [0.717, 1.165) is 5.56 Å². The number of carbonyl (C=O) groups is 1. The van der Waals surface area contributed by atoms with Gasteiger partial charge < -0.3 is 0 Å². The minimum atomic E-state index is 0.0874. The van der Waals surface area contributed by atoms with Crippen LogP contribution in [0.5, 0.6) is 0 Å². The first kappa shape index (κ1) is 10.7. The fraction of sp³-hybridized carbons (Fsp3) is 0.308. The monoisotopic (exact) mass is 188 g/mol. The molecule has 1 rings (SSSR count). The maximum Gasteiger partial charge on any atom is 0.152 e. The average Bonchev–Trinajstić information content (AvgIpc) is 2.01. The molecule has 0 saturated heterocycles. The zero-order valence-corrected chi connectivity index (χ0v) is 9.22. The first-order valence-corrected chi connectivity index (χ1v) is 4.77. The number of benzene rings is 1. The van der Waals surface area contributed by atoms with Crippen LogP contribution in [0.25, 0.3) is 6.08 Å². The topological polar surface area (TPSA) is 17.1 Å². The van der Waals surface area contributed by atoms with E-state index in [4.69, 9.17) is 0 Å². The Labute approximate surface area is 85.5 Å². The predicted octanol–water partition coefficient (Wildman–Crippen LogP) is 3.21. The van der Waals surface area contributed by atoms with Gasteiger partial charge in [-0.05, 0) is 50.5 Å². The summed E-state index contributed by atoms with van der Waals surface area (Å²) in [6.07, 6.45) is 3.51. The molecule has 1 aromatic carbocycles. The molecule has 0 bridgehead atoms. The molecule has 1 heteroatoms. The van der Waals surface area contributed by atoms with Crippen molar-refractivity contribution in [3.05, 3.63) is 40.5 Å². The zero-order valence-electron chi connectivity index (χ0n) is 9.22. The standard InChI is InChI=1S/C13H16O/c1-9-7-10(2)13(11(3)8-9)6-5-12(4)14/h5-8H,1-4H3/b6-5+. The molecule has 14 heavy (non-hydrogen) atoms. The summed E-state index contributed by atoms with van der Waals surface area (Å²) in [6, 6.07) is 4.26. The van der Waals surface area contributed by atoms with Crippen molar-refractivity contribution >= 4 is 11.9 Å². The van der Waals surface area contributed by atoms with Gasteiger partial charge in [-0.3, -0.25) is 4.79 Å². The van der Waals surface area contributed by atoms with Gasteiger partial charge in [-0.25, -0.2) is 0 Å². The molecule has 0 atom stereocenters. The smallest absolute Gasteiger partial charge is 0.152 e. The summed E-state index contributed by atoms with van der Waals surface area (Å²) >= 11 is 0. The molecule has 0 N–H and O–H groups in total. The quantitative estimate of drug-likeness (QED) is 0.651. The van der Waals surface area contributed by atoms with Crippen molar-refractivity contribution in [2.45, 2.75) is 27.7 Å². The van der Waals surface area contributed by atoms with E-state index in [1.807, 2.05) is 6.08 Å². The molecule has 0 aliphatic rings.